The van der Waals surface area contributed by atoms with Crippen molar-refractivity contribution in [3.63, 3.8) is 0 Å². The zero-order chi connectivity index (χ0) is 44.1. The molecule has 15 nitrogen and oxygen atoms in total. The molecular formula is C45H50F2N8O7S. The number of rotatable bonds is 12. The van der Waals surface area contributed by atoms with Crippen molar-refractivity contribution < 1.29 is 36.8 Å². The number of aliphatic hydroxyl groups is 1. The van der Waals surface area contributed by atoms with Gasteiger partial charge in [0.25, 0.3) is 21.6 Å². The van der Waals surface area contributed by atoms with Crippen LogP contribution in [0.15, 0.2) is 78.1 Å². The van der Waals surface area contributed by atoms with Crippen LogP contribution in [0.3, 0.4) is 0 Å². The number of halogens is 2. The molecule has 1 spiro atoms. The molecule has 2 aromatic carbocycles. The second-order valence-electron chi connectivity index (χ2n) is 18.0. The zero-order valence-corrected chi connectivity index (χ0v) is 35.7. The number of fused-ring (bicyclic) bond motifs is 1. The van der Waals surface area contributed by atoms with Crippen molar-refractivity contribution in [1.82, 2.24) is 24.6 Å². The topological polar surface area (TPSA) is 196 Å². The SMILES string of the molecule is CC1(O)CCC(CNc2ccc(S(=O)(=O)NC(=O)c3cnc(N4CCC5(CC4)CC(N4CCC[C@H]4c4c(F)cccc4F)C5)cc3Oc3cnc4[nH]ccc4c3)cc2[N+](=O)[O-])CC1. The van der Waals surface area contributed by atoms with E-state index < -0.39 is 48.7 Å². The first kappa shape index (κ1) is 42.6. The van der Waals surface area contributed by atoms with Crippen molar-refractivity contribution in [1.29, 1.82) is 0 Å². The van der Waals surface area contributed by atoms with Gasteiger partial charge in [0.1, 0.15) is 45.8 Å². The van der Waals surface area contributed by atoms with Crippen LogP contribution in [0, 0.1) is 33.1 Å². The first-order chi connectivity index (χ1) is 30.2. The van der Waals surface area contributed by atoms with Gasteiger partial charge in [0, 0.05) is 67.2 Å². The van der Waals surface area contributed by atoms with Gasteiger partial charge in [-0.15, -0.1) is 0 Å². The lowest BCUT2D eigenvalue weighted by Crippen LogP contribution is -2.55. The van der Waals surface area contributed by atoms with Crippen LogP contribution in [0.1, 0.15) is 93.1 Å². The number of pyridine rings is 2. The van der Waals surface area contributed by atoms with E-state index in [0.29, 0.717) is 49.7 Å². The minimum absolute atomic E-state index is 0.0311. The van der Waals surface area contributed by atoms with Gasteiger partial charge in [0.15, 0.2) is 0 Å². The molecular weight excluding hydrogens is 835 g/mol. The summed E-state index contributed by atoms with van der Waals surface area (Å²) < 4.78 is 65.2. The standard InChI is InChI=1S/C45H50F2N8O7S/c1-44(57)12-9-28(10-13-44)25-49-36-8-7-32(21-38(36)55(58)59)63(60,61)52-43(56)33-27-50-40(22-39(33)62-31-20-29-11-16-48-42(29)51-26-31)53-18-14-45(15-19-53)23-30(24-45)54-17-3-6-37(54)41-34(46)4-2-5-35(41)47/h2,4-5,7-8,11,16,20-22,26-28,30,37,49,57H,3,6,9-10,12-15,17-19,23-25H2,1H3,(H,48,51)(H,52,56)/t28?,37-,44?/m0/s1. The number of hydrogen-bond donors (Lipinski definition) is 4. The maximum Gasteiger partial charge on any atom is 0.293 e. The second kappa shape index (κ2) is 16.8. The first-order valence-corrected chi connectivity index (χ1v) is 23.0. The Morgan fingerprint density at radius 1 is 1.00 bits per heavy atom. The lowest BCUT2D eigenvalue weighted by Gasteiger charge is -2.55. The number of nitrogens with one attached hydrogen (secondary N) is 3. The van der Waals surface area contributed by atoms with Gasteiger partial charge in [0.2, 0.25) is 0 Å². The molecule has 4 N–H and O–H groups in total. The van der Waals surface area contributed by atoms with Crippen molar-refractivity contribution >= 4 is 44.2 Å². The number of ether oxygens (including phenoxy) is 1. The molecule has 5 heterocycles. The lowest BCUT2D eigenvalue weighted by molar-refractivity contribution is -0.384. The molecule has 3 aromatic heterocycles. The zero-order valence-electron chi connectivity index (χ0n) is 34.9. The molecule has 9 rings (SSSR count). The minimum atomic E-state index is -4.62. The highest BCUT2D eigenvalue weighted by atomic mass is 32.2. The lowest BCUT2D eigenvalue weighted by atomic mass is 9.60. The summed E-state index contributed by atoms with van der Waals surface area (Å²) in [6.07, 6.45) is 12.4. The number of anilines is 2. The Kier molecular flexibility index (Phi) is 11.3. The summed E-state index contributed by atoms with van der Waals surface area (Å²) in [5.41, 5.74) is -0.341. The monoisotopic (exact) mass is 884 g/mol. The highest BCUT2D eigenvalue weighted by Crippen LogP contribution is 2.54. The second-order valence-corrected chi connectivity index (χ2v) is 19.7. The van der Waals surface area contributed by atoms with Gasteiger partial charge in [-0.3, -0.25) is 19.8 Å². The Morgan fingerprint density at radius 2 is 1.75 bits per heavy atom. The Morgan fingerprint density at radius 3 is 2.48 bits per heavy atom. The number of carbonyl (C=O) groups excluding carboxylic acids is 1. The molecule has 0 unspecified atom stereocenters. The number of carbonyl (C=O) groups is 1. The molecule has 63 heavy (non-hydrogen) atoms. The average Bonchev–Trinajstić information content (AvgIpc) is 3.92. The normalized spacial score (nSPS) is 22.8. The van der Waals surface area contributed by atoms with Gasteiger partial charge < -0.3 is 25.0 Å². The summed E-state index contributed by atoms with van der Waals surface area (Å²) in [5, 5.41) is 26.2. The van der Waals surface area contributed by atoms with E-state index in [1.165, 1.54) is 42.7 Å². The molecule has 332 valence electrons. The smallest absolute Gasteiger partial charge is 0.293 e. The van der Waals surface area contributed by atoms with Crippen molar-refractivity contribution in [2.45, 2.75) is 93.7 Å². The fourth-order valence-electron chi connectivity index (χ4n) is 10.1. The van der Waals surface area contributed by atoms with E-state index >= 15 is 0 Å². The predicted octanol–water partition coefficient (Wildman–Crippen LogP) is 7.99. The quantitative estimate of drug-likeness (QED) is 0.0698. The largest absolute Gasteiger partial charge is 0.455 e. The van der Waals surface area contributed by atoms with Crippen LogP contribution in [-0.2, 0) is 10.0 Å². The summed E-state index contributed by atoms with van der Waals surface area (Å²) in [6.45, 7) is 4.34. The van der Waals surface area contributed by atoms with Crippen molar-refractivity contribution in [3.05, 3.63) is 106 Å². The van der Waals surface area contributed by atoms with Gasteiger partial charge >= 0.3 is 0 Å². The molecule has 4 fully saturated rings. The van der Waals surface area contributed by atoms with Gasteiger partial charge in [-0.25, -0.2) is 31.9 Å². The van der Waals surface area contributed by atoms with Crippen molar-refractivity contribution in [2.24, 2.45) is 11.3 Å². The number of likely N-dealkylation sites (tertiary alicyclic amines) is 1. The molecule has 2 aliphatic heterocycles. The van der Waals surface area contributed by atoms with Crippen LogP contribution in [0.5, 0.6) is 11.5 Å². The third-order valence-electron chi connectivity index (χ3n) is 13.7. The van der Waals surface area contributed by atoms with E-state index in [1.807, 2.05) is 6.07 Å². The Bertz CT molecular complexity index is 2630. The highest BCUT2D eigenvalue weighted by Gasteiger charge is 2.50. The van der Waals surface area contributed by atoms with Crippen LogP contribution in [0.25, 0.3) is 11.0 Å². The van der Waals surface area contributed by atoms with Crippen LogP contribution >= 0.6 is 0 Å². The highest BCUT2D eigenvalue weighted by molar-refractivity contribution is 7.90. The van der Waals surface area contributed by atoms with Gasteiger partial charge in [-0.2, -0.15) is 0 Å². The fraction of sp³-hybridized carbons (Fsp3) is 0.444. The fourth-order valence-corrected chi connectivity index (χ4v) is 11.1. The van der Waals surface area contributed by atoms with E-state index in [0.717, 1.165) is 69.4 Å². The van der Waals surface area contributed by atoms with E-state index in [4.69, 9.17) is 4.74 Å². The Balaban J connectivity index is 0.899. The van der Waals surface area contributed by atoms with E-state index in [1.54, 1.807) is 25.3 Å². The molecule has 18 heteroatoms. The van der Waals surface area contributed by atoms with Crippen molar-refractivity contribution in [2.75, 3.05) is 36.4 Å². The number of nitro benzene ring substituents is 1. The summed E-state index contributed by atoms with van der Waals surface area (Å²) >= 11 is 0. The predicted molar refractivity (Wildman–Crippen MR) is 231 cm³/mol. The molecule has 5 aromatic rings. The molecule has 0 bridgehead atoms. The molecule has 2 saturated carbocycles. The average molecular weight is 885 g/mol. The molecule has 0 radical (unpaired) electrons. The summed E-state index contributed by atoms with van der Waals surface area (Å²) in [7, 11) is -4.62. The number of nitro groups is 1. The van der Waals surface area contributed by atoms with Crippen molar-refractivity contribution in [3.8, 4) is 11.5 Å². The number of sulfonamides is 1. The maximum absolute atomic E-state index is 14.8. The Labute approximate surface area is 363 Å². The van der Waals surface area contributed by atoms with E-state index in [9.17, 15) is 37.2 Å². The number of hydrogen-bond acceptors (Lipinski definition) is 12. The number of piperidine rings is 1. The van der Waals surface area contributed by atoms with Crippen LogP contribution in [0.2, 0.25) is 0 Å². The number of nitrogens with zero attached hydrogens (tertiary/aromatic N) is 5. The van der Waals surface area contributed by atoms with Gasteiger partial charge in [-0.1, -0.05) is 6.07 Å². The molecule has 4 aliphatic rings. The minimum Gasteiger partial charge on any atom is -0.455 e. The number of benzene rings is 2. The number of aromatic nitrogens is 3. The maximum atomic E-state index is 14.8. The molecule has 1 amide bonds. The molecule has 2 aliphatic carbocycles. The number of H-pyrrole nitrogens is 1. The van der Waals surface area contributed by atoms with Crippen LogP contribution < -0.4 is 19.7 Å². The van der Waals surface area contributed by atoms with Gasteiger partial charge in [0.05, 0.1) is 21.6 Å². The van der Waals surface area contributed by atoms with E-state index in [2.05, 4.69) is 34.8 Å². The summed E-state index contributed by atoms with van der Waals surface area (Å²) in [5.74, 6) is -1.01. The number of amides is 1. The first-order valence-electron chi connectivity index (χ1n) is 21.5. The molecule has 1 atom stereocenters. The van der Waals surface area contributed by atoms with E-state index in [-0.39, 0.29) is 46.0 Å². The molecule has 2 saturated heterocycles. The summed E-state index contributed by atoms with van der Waals surface area (Å²) in [6, 6.07) is 12.6. The van der Waals surface area contributed by atoms with Crippen LogP contribution in [-0.4, -0.2) is 82.0 Å². The van der Waals surface area contributed by atoms with Crippen LogP contribution in [0.4, 0.5) is 26.0 Å². The van der Waals surface area contributed by atoms with Gasteiger partial charge in [-0.05, 0) is 125 Å². The Hall–Kier alpha value is -5.72. The number of aromatic amines is 1. The summed E-state index contributed by atoms with van der Waals surface area (Å²) in [4.78, 5) is 41.2. The third kappa shape index (κ3) is 8.80. The third-order valence-corrected chi connectivity index (χ3v) is 15.1.